The van der Waals surface area contributed by atoms with E-state index >= 15 is 0 Å². The molecule has 0 aliphatic heterocycles. The van der Waals surface area contributed by atoms with Crippen LogP contribution in [0.25, 0.3) is 0 Å². The summed E-state index contributed by atoms with van der Waals surface area (Å²) in [5.74, 6) is -7.02. The molecule has 0 saturated heterocycles. The Hall–Kier alpha value is -1.27. The molecule has 1 rings (SSSR count). The van der Waals surface area contributed by atoms with Gasteiger partial charge in [-0.3, -0.25) is 4.18 Å². The Kier molecular flexibility index (Phi) is 7.36. The summed E-state index contributed by atoms with van der Waals surface area (Å²) in [6, 6.07) is 0. The fourth-order valence-electron chi connectivity index (χ4n) is 3.50. The van der Waals surface area contributed by atoms with Crippen LogP contribution in [0.5, 0.6) is 0 Å². The zero-order chi connectivity index (χ0) is 25.8. The quantitative estimate of drug-likeness (QED) is 0.422. The van der Waals surface area contributed by atoms with Crippen LogP contribution in [0.15, 0.2) is 12.0 Å². The number of hydrogen-bond acceptors (Lipinski definition) is 5. The van der Waals surface area contributed by atoms with Crippen molar-refractivity contribution >= 4 is 10.1 Å². The average molecular weight is 522 g/mol. The highest BCUT2D eigenvalue weighted by atomic mass is 32.2. The van der Waals surface area contributed by atoms with Crippen LogP contribution in [0.1, 0.15) is 19.3 Å². The van der Waals surface area contributed by atoms with E-state index in [0.29, 0.717) is 0 Å². The second kappa shape index (κ2) is 8.19. The first-order valence-corrected chi connectivity index (χ1v) is 9.59. The van der Waals surface area contributed by atoms with Crippen molar-refractivity contribution in [3.63, 3.8) is 0 Å². The topological polar surface area (TPSA) is 83.8 Å². The molecule has 1 saturated carbocycles. The summed E-state index contributed by atoms with van der Waals surface area (Å²) in [5, 5.41) is 18.8. The molecule has 2 unspecified atom stereocenters. The lowest BCUT2D eigenvalue weighted by Gasteiger charge is -2.48. The smallest absolute Gasteiger partial charge is 0.373 e. The van der Waals surface area contributed by atoms with Crippen LogP contribution in [-0.2, 0) is 14.3 Å². The van der Waals surface area contributed by atoms with Crippen molar-refractivity contribution in [1.29, 1.82) is 0 Å². The molecule has 18 heteroatoms. The number of hydrogen-bond donors (Lipinski definition) is 2. The van der Waals surface area contributed by atoms with E-state index in [1.165, 1.54) is 0 Å². The minimum atomic E-state index is -6.66. The fraction of sp³-hybridized carbons (Fsp3) is 0.857. The molecule has 0 radical (unpaired) electrons. The highest BCUT2D eigenvalue weighted by molar-refractivity contribution is 7.89. The van der Waals surface area contributed by atoms with Gasteiger partial charge in [0, 0.05) is 11.8 Å². The van der Waals surface area contributed by atoms with Crippen LogP contribution in [0.3, 0.4) is 0 Å². The minimum Gasteiger partial charge on any atom is -0.373 e. The maximum absolute atomic E-state index is 13.2. The number of halogens is 12. The van der Waals surface area contributed by atoms with Gasteiger partial charge in [0.15, 0.2) is 0 Å². The Morgan fingerprint density at radius 1 is 0.688 bits per heavy atom. The first-order valence-electron chi connectivity index (χ1n) is 8.12. The molecule has 32 heavy (non-hydrogen) atoms. The molecular formula is C14H14F12O5S. The molecule has 5 nitrogen and oxygen atoms in total. The third-order valence-corrected chi connectivity index (χ3v) is 6.00. The maximum atomic E-state index is 13.2. The number of rotatable bonds is 5. The summed E-state index contributed by atoms with van der Waals surface area (Å²) in [4.78, 5) is 0. The van der Waals surface area contributed by atoms with Crippen LogP contribution in [0.2, 0.25) is 0 Å². The van der Waals surface area contributed by atoms with Crippen molar-refractivity contribution in [2.45, 2.75) is 61.3 Å². The van der Waals surface area contributed by atoms with Crippen molar-refractivity contribution in [2.75, 3.05) is 0 Å². The Bertz CT molecular complexity index is 721. The molecule has 190 valence electrons. The van der Waals surface area contributed by atoms with Crippen molar-refractivity contribution in [2.24, 2.45) is 11.8 Å². The molecule has 0 heterocycles. The largest absolute Gasteiger partial charge is 0.426 e. The Morgan fingerprint density at radius 3 is 1.19 bits per heavy atom. The van der Waals surface area contributed by atoms with E-state index in [0.717, 1.165) is 0 Å². The van der Waals surface area contributed by atoms with Gasteiger partial charge >= 0.3 is 24.7 Å². The fourth-order valence-corrected chi connectivity index (χ4v) is 4.12. The average Bonchev–Trinajstić information content (AvgIpc) is 2.55. The lowest BCUT2D eigenvalue weighted by molar-refractivity contribution is -0.405. The predicted molar refractivity (Wildman–Crippen MR) is 78.9 cm³/mol. The molecule has 2 N–H and O–H groups in total. The van der Waals surface area contributed by atoms with Gasteiger partial charge in [-0.25, -0.2) is 0 Å². The molecule has 0 amide bonds. The molecule has 0 aromatic heterocycles. The van der Waals surface area contributed by atoms with Crippen molar-refractivity contribution in [3.8, 4) is 0 Å². The lowest BCUT2D eigenvalue weighted by atomic mass is 9.65. The summed E-state index contributed by atoms with van der Waals surface area (Å²) in [7, 11) is -5.02. The molecule has 0 bridgehead atoms. The number of alkyl halides is 12. The van der Waals surface area contributed by atoms with Gasteiger partial charge in [0.25, 0.3) is 21.3 Å². The molecular weight excluding hydrogens is 508 g/mol. The van der Waals surface area contributed by atoms with Gasteiger partial charge < -0.3 is 10.2 Å². The van der Waals surface area contributed by atoms with Crippen molar-refractivity contribution < 1.29 is 75.5 Å². The standard InChI is InChI=1S/C14H14F12O5S/c1-2-32(29,30)31-8-4-6(9(27,11(15,16)17)12(18,19)20)3-7(5-8)10(28,13(21,22)23)14(24,25)26/h2,6-8,27-28H,1,3-5H2. The van der Waals surface area contributed by atoms with Gasteiger partial charge in [0.1, 0.15) is 0 Å². The molecule has 1 aliphatic carbocycles. The highest BCUT2D eigenvalue weighted by Gasteiger charge is 2.78. The van der Waals surface area contributed by atoms with Crippen LogP contribution in [0.4, 0.5) is 52.7 Å². The molecule has 0 aromatic rings. The van der Waals surface area contributed by atoms with E-state index in [1.54, 1.807) is 0 Å². The second-order valence-corrected chi connectivity index (χ2v) is 8.51. The SMILES string of the molecule is C=CS(=O)(=O)OC1CC(C(O)(C(F)(F)F)C(F)(F)F)CC(C(O)(C(F)(F)F)C(F)(F)F)C1. The van der Waals surface area contributed by atoms with Gasteiger partial charge in [0.2, 0.25) is 0 Å². The van der Waals surface area contributed by atoms with Crippen molar-refractivity contribution in [1.82, 2.24) is 0 Å². The normalized spacial score (nSPS) is 25.0. The predicted octanol–water partition coefficient (Wildman–Crippen LogP) is 3.97. The van der Waals surface area contributed by atoms with E-state index < -0.39 is 83.2 Å². The summed E-state index contributed by atoms with van der Waals surface area (Å²) >= 11 is 0. The van der Waals surface area contributed by atoms with Gasteiger partial charge in [0.05, 0.1) is 11.5 Å². The van der Waals surface area contributed by atoms with Crippen molar-refractivity contribution in [3.05, 3.63) is 12.0 Å². The molecule has 1 aliphatic rings. The Balaban J connectivity index is 3.73. The summed E-state index contributed by atoms with van der Waals surface area (Å²) in [5.41, 5.74) is -11.7. The van der Waals surface area contributed by atoms with Crippen LogP contribution in [0, 0.1) is 11.8 Å². The van der Waals surface area contributed by atoms with Crippen LogP contribution >= 0.6 is 0 Å². The van der Waals surface area contributed by atoms with Crippen LogP contribution in [-0.4, -0.2) is 60.6 Å². The summed E-state index contributed by atoms with van der Waals surface area (Å²) in [6.45, 7) is 2.66. The van der Waals surface area contributed by atoms with Crippen LogP contribution < -0.4 is 0 Å². The monoisotopic (exact) mass is 522 g/mol. The second-order valence-electron chi connectivity index (χ2n) is 7.00. The molecule has 1 fully saturated rings. The Labute approximate surface area is 171 Å². The third-order valence-electron chi connectivity index (χ3n) is 5.05. The van der Waals surface area contributed by atoms with Gasteiger partial charge in [-0.2, -0.15) is 61.1 Å². The summed E-state index contributed by atoms with van der Waals surface area (Å²) in [6.07, 6.45) is -35.1. The van der Waals surface area contributed by atoms with E-state index in [1.807, 2.05) is 0 Å². The zero-order valence-corrected chi connectivity index (χ0v) is 16.0. The number of aliphatic hydroxyl groups is 2. The summed E-state index contributed by atoms with van der Waals surface area (Å²) < 4.78 is 185. The van der Waals surface area contributed by atoms with E-state index in [4.69, 9.17) is 0 Å². The van der Waals surface area contributed by atoms with Gasteiger partial charge in [-0.15, -0.1) is 0 Å². The third kappa shape index (κ3) is 4.96. The molecule has 0 spiro atoms. The molecule has 0 aromatic carbocycles. The minimum absolute atomic E-state index is 0.0644. The molecule has 2 atom stereocenters. The highest BCUT2D eigenvalue weighted by Crippen LogP contribution is 2.58. The first-order chi connectivity index (χ1) is 13.8. The first kappa shape index (κ1) is 28.8. The zero-order valence-electron chi connectivity index (χ0n) is 15.2. The lowest BCUT2D eigenvalue weighted by Crippen LogP contribution is -2.67. The van der Waals surface area contributed by atoms with E-state index in [-0.39, 0.29) is 5.41 Å². The van der Waals surface area contributed by atoms with E-state index in [2.05, 4.69) is 10.8 Å². The van der Waals surface area contributed by atoms with Gasteiger partial charge in [-0.05, 0) is 19.3 Å². The van der Waals surface area contributed by atoms with Gasteiger partial charge in [-0.1, -0.05) is 6.58 Å². The Morgan fingerprint density at radius 2 is 0.969 bits per heavy atom. The van der Waals surface area contributed by atoms with E-state index in [9.17, 15) is 71.3 Å². The maximum Gasteiger partial charge on any atom is 0.426 e.